The first-order valence-corrected chi connectivity index (χ1v) is 15.0. The Morgan fingerprint density at radius 2 is 1.50 bits per heavy atom. The molecule has 0 radical (unpaired) electrons. The van der Waals surface area contributed by atoms with Crippen LogP contribution >= 0.6 is 11.3 Å². The van der Waals surface area contributed by atoms with Crippen LogP contribution in [0.15, 0.2) is 102 Å². The van der Waals surface area contributed by atoms with Crippen LogP contribution in [0.5, 0.6) is 0 Å². The highest BCUT2D eigenvalue weighted by molar-refractivity contribution is 7.14. The van der Waals surface area contributed by atoms with Crippen LogP contribution in [0.4, 0.5) is 24.0 Å². The third kappa shape index (κ3) is 4.77. The lowest BCUT2D eigenvalue weighted by Gasteiger charge is -2.50. The average Bonchev–Trinajstić information content (AvgIpc) is 3.49. The first kappa shape index (κ1) is 28.0. The van der Waals surface area contributed by atoms with E-state index in [0.29, 0.717) is 22.8 Å². The molecular weight excluding hydrogens is 583 g/mol. The number of alkyl halides is 3. The number of halogens is 3. The highest BCUT2D eigenvalue weighted by Crippen LogP contribution is 2.61. The predicted molar refractivity (Wildman–Crippen MR) is 165 cm³/mol. The van der Waals surface area contributed by atoms with Crippen LogP contribution in [-0.2, 0) is 11.0 Å². The number of benzene rings is 4. The molecule has 2 amide bonds. The number of aromatic nitrogens is 1. The molecule has 1 unspecified atom stereocenters. The largest absolute Gasteiger partial charge is 0.416 e. The van der Waals surface area contributed by atoms with Gasteiger partial charge in [0.15, 0.2) is 5.13 Å². The lowest BCUT2D eigenvalue weighted by Crippen LogP contribution is -2.47. The molecule has 8 rings (SSSR count). The van der Waals surface area contributed by atoms with Gasteiger partial charge in [0.1, 0.15) is 0 Å². The zero-order valence-electron chi connectivity index (χ0n) is 23.5. The number of amides is 2. The maximum absolute atomic E-state index is 14.0. The number of hydrogen-bond donors (Lipinski definition) is 2. The van der Waals surface area contributed by atoms with E-state index in [1.807, 2.05) is 19.1 Å². The van der Waals surface area contributed by atoms with Crippen molar-refractivity contribution in [2.75, 3.05) is 10.6 Å². The minimum absolute atomic E-state index is 0.0454. The van der Waals surface area contributed by atoms with E-state index < -0.39 is 23.1 Å². The highest BCUT2D eigenvalue weighted by atomic mass is 32.1. The molecule has 0 fully saturated rings. The van der Waals surface area contributed by atoms with Gasteiger partial charge in [-0.05, 0) is 65.9 Å². The molecule has 1 aromatic heterocycles. The Morgan fingerprint density at radius 1 is 0.841 bits per heavy atom. The molecule has 5 aromatic rings. The molecule has 1 heterocycles. The summed E-state index contributed by atoms with van der Waals surface area (Å²) in [6.07, 6.45) is -3.82. The Hall–Kier alpha value is -4.76. The Balaban J connectivity index is 1.10. The van der Waals surface area contributed by atoms with Gasteiger partial charge in [-0.25, -0.2) is 4.98 Å². The molecule has 3 aliphatic carbocycles. The van der Waals surface area contributed by atoms with Crippen molar-refractivity contribution in [3.8, 4) is 11.3 Å². The quantitative estimate of drug-likeness (QED) is 0.209. The van der Waals surface area contributed by atoms with Gasteiger partial charge in [0.25, 0.3) is 5.91 Å². The van der Waals surface area contributed by atoms with Gasteiger partial charge in [-0.1, -0.05) is 66.7 Å². The van der Waals surface area contributed by atoms with Crippen molar-refractivity contribution >= 4 is 34.0 Å². The van der Waals surface area contributed by atoms with Crippen molar-refractivity contribution < 1.29 is 22.8 Å². The van der Waals surface area contributed by atoms with E-state index >= 15 is 0 Å². The van der Waals surface area contributed by atoms with Gasteiger partial charge < -0.3 is 10.6 Å². The second-order valence-electron chi connectivity index (χ2n) is 11.5. The summed E-state index contributed by atoms with van der Waals surface area (Å²) >= 11 is 1.30. The maximum atomic E-state index is 14.0. The van der Waals surface area contributed by atoms with Crippen LogP contribution in [0.1, 0.15) is 63.4 Å². The molecule has 1 atom stereocenters. The standard InChI is InChI=1S/C35H26F3N3O2S/c1-34(18-28-24-12-2-4-14-26(24)30(34)27-15-5-3-13-25(27)28)32(43)41-33-40-29(19-44-33)20-8-6-9-21(16-20)31(42)39-23-11-7-10-22(17-23)35(36,37)38/h2-17,19,28,30H,18H2,1H3,(H,39,42)(H,40,41,43). The molecule has 44 heavy (non-hydrogen) atoms. The van der Waals surface area contributed by atoms with E-state index in [0.717, 1.165) is 12.1 Å². The van der Waals surface area contributed by atoms with Crippen LogP contribution in [0.2, 0.25) is 0 Å². The van der Waals surface area contributed by atoms with Crippen molar-refractivity contribution in [2.24, 2.45) is 5.41 Å². The fourth-order valence-electron chi connectivity index (χ4n) is 6.69. The minimum atomic E-state index is -4.51. The zero-order valence-corrected chi connectivity index (χ0v) is 24.3. The number of anilines is 2. The van der Waals surface area contributed by atoms with Crippen molar-refractivity contribution in [3.63, 3.8) is 0 Å². The summed E-state index contributed by atoms with van der Waals surface area (Å²) < 4.78 is 39.3. The molecule has 2 bridgehead atoms. The number of carbonyl (C=O) groups is 2. The van der Waals surface area contributed by atoms with E-state index in [-0.39, 0.29) is 29.0 Å². The Bertz CT molecular complexity index is 1890. The molecule has 2 N–H and O–H groups in total. The summed E-state index contributed by atoms with van der Waals surface area (Å²) in [4.78, 5) is 31.5. The first-order valence-electron chi connectivity index (χ1n) is 14.2. The molecule has 9 heteroatoms. The topological polar surface area (TPSA) is 71.1 Å². The Labute approximate surface area is 255 Å². The van der Waals surface area contributed by atoms with Gasteiger partial charge in [-0.3, -0.25) is 9.59 Å². The second kappa shape index (κ2) is 10.4. The molecule has 0 spiro atoms. The monoisotopic (exact) mass is 609 g/mol. The van der Waals surface area contributed by atoms with Crippen LogP contribution in [0, 0.1) is 5.41 Å². The van der Waals surface area contributed by atoms with Gasteiger partial charge in [0, 0.05) is 34.0 Å². The lowest BCUT2D eigenvalue weighted by atomic mass is 9.52. The van der Waals surface area contributed by atoms with E-state index in [1.54, 1.807) is 29.6 Å². The third-order valence-corrected chi connectivity index (χ3v) is 9.50. The molecule has 4 aromatic carbocycles. The smallest absolute Gasteiger partial charge is 0.322 e. The molecular formula is C35H26F3N3O2S. The van der Waals surface area contributed by atoms with Crippen molar-refractivity contribution in [1.82, 2.24) is 4.98 Å². The number of nitrogens with zero attached hydrogens (tertiary/aromatic N) is 1. The maximum Gasteiger partial charge on any atom is 0.416 e. The summed E-state index contributed by atoms with van der Waals surface area (Å²) in [6.45, 7) is 2.03. The van der Waals surface area contributed by atoms with Crippen LogP contribution < -0.4 is 10.6 Å². The van der Waals surface area contributed by atoms with Gasteiger partial charge in [-0.15, -0.1) is 11.3 Å². The minimum Gasteiger partial charge on any atom is -0.322 e. The van der Waals surface area contributed by atoms with Crippen LogP contribution in [0.25, 0.3) is 11.3 Å². The van der Waals surface area contributed by atoms with E-state index in [4.69, 9.17) is 0 Å². The molecule has 3 aliphatic rings. The summed E-state index contributed by atoms with van der Waals surface area (Å²) in [6, 6.07) is 27.9. The van der Waals surface area contributed by atoms with Crippen molar-refractivity contribution in [2.45, 2.75) is 31.4 Å². The SMILES string of the molecule is CC1(C(=O)Nc2nc(-c3cccc(C(=O)Nc4cccc(C(F)(F)F)c4)c3)cs2)CC2c3ccccc3C1c1ccccc12. The normalized spacial score (nSPS) is 20.0. The Kier molecular flexibility index (Phi) is 6.66. The van der Waals surface area contributed by atoms with Gasteiger partial charge in [0.2, 0.25) is 5.91 Å². The summed E-state index contributed by atoms with van der Waals surface area (Å²) in [5.74, 6) is -0.575. The molecule has 0 saturated heterocycles. The van der Waals surface area contributed by atoms with Gasteiger partial charge in [0.05, 0.1) is 16.7 Å². The second-order valence-corrected chi connectivity index (χ2v) is 12.3. The van der Waals surface area contributed by atoms with Crippen LogP contribution in [0.3, 0.4) is 0 Å². The number of nitrogens with one attached hydrogen (secondary N) is 2. The van der Waals surface area contributed by atoms with Gasteiger partial charge >= 0.3 is 6.18 Å². The number of rotatable bonds is 5. The van der Waals surface area contributed by atoms with E-state index in [1.165, 1.54) is 45.7 Å². The van der Waals surface area contributed by atoms with E-state index in [2.05, 4.69) is 52.0 Å². The number of hydrogen-bond acceptors (Lipinski definition) is 4. The van der Waals surface area contributed by atoms with E-state index in [9.17, 15) is 22.8 Å². The highest BCUT2D eigenvalue weighted by Gasteiger charge is 2.54. The molecule has 0 aliphatic heterocycles. The molecule has 5 nitrogen and oxygen atoms in total. The van der Waals surface area contributed by atoms with Crippen molar-refractivity contribution in [3.05, 3.63) is 136 Å². The number of fused-ring (bicyclic) bond motifs is 1. The van der Waals surface area contributed by atoms with Gasteiger partial charge in [-0.2, -0.15) is 13.2 Å². The summed E-state index contributed by atoms with van der Waals surface area (Å²) in [5, 5.41) is 7.87. The summed E-state index contributed by atoms with van der Waals surface area (Å²) in [5.41, 5.74) is 4.97. The zero-order chi connectivity index (χ0) is 30.6. The first-order chi connectivity index (χ1) is 21.1. The average molecular weight is 610 g/mol. The fourth-order valence-corrected chi connectivity index (χ4v) is 7.40. The summed E-state index contributed by atoms with van der Waals surface area (Å²) in [7, 11) is 0. The Morgan fingerprint density at radius 3 is 2.18 bits per heavy atom. The third-order valence-electron chi connectivity index (χ3n) is 8.74. The number of thiazole rings is 1. The van der Waals surface area contributed by atoms with Crippen molar-refractivity contribution in [1.29, 1.82) is 0 Å². The fraction of sp³-hybridized carbons (Fsp3) is 0.171. The number of carbonyl (C=O) groups excluding carboxylic acids is 2. The molecule has 0 saturated carbocycles. The van der Waals surface area contributed by atoms with Crippen LogP contribution in [-0.4, -0.2) is 16.8 Å². The lowest BCUT2D eigenvalue weighted by molar-refractivity contribution is -0.137. The predicted octanol–water partition coefficient (Wildman–Crippen LogP) is 8.71. The molecule has 220 valence electrons.